The lowest BCUT2D eigenvalue weighted by Gasteiger charge is -2.47. The first-order valence-electron chi connectivity index (χ1n) is 5.88. The summed E-state index contributed by atoms with van der Waals surface area (Å²) in [4.78, 5) is 23.9. The molecule has 3 atom stereocenters. The Bertz CT molecular complexity index is 321. The maximum atomic E-state index is 11.4. The van der Waals surface area contributed by atoms with E-state index in [4.69, 9.17) is 0 Å². The van der Waals surface area contributed by atoms with Gasteiger partial charge in [-0.25, -0.2) is 4.79 Å². The van der Waals surface area contributed by atoms with Crippen molar-refractivity contribution < 1.29 is 19.8 Å². The maximum absolute atomic E-state index is 11.4. The van der Waals surface area contributed by atoms with E-state index in [-0.39, 0.29) is 11.3 Å². The van der Waals surface area contributed by atoms with Crippen molar-refractivity contribution >= 4 is 12.1 Å². The molecule has 5 heteroatoms. The van der Waals surface area contributed by atoms with Crippen molar-refractivity contribution in [3.63, 3.8) is 0 Å². The molecule has 0 aromatic rings. The lowest BCUT2D eigenvalue weighted by Crippen LogP contribution is -2.58. The molecular formula is C12H21NO4. The second kappa shape index (κ2) is 4.55. The van der Waals surface area contributed by atoms with E-state index in [1.165, 1.54) is 4.90 Å². The Morgan fingerprint density at radius 2 is 1.76 bits per heavy atom. The van der Waals surface area contributed by atoms with Crippen molar-refractivity contribution in [2.24, 2.45) is 17.3 Å². The predicted molar refractivity (Wildman–Crippen MR) is 62.9 cm³/mol. The first-order valence-corrected chi connectivity index (χ1v) is 5.88. The molecule has 1 rings (SSSR count). The van der Waals surface area contributed by atoms with Gasteiger partial charge in [0.05, 0.1) is 12.0 Å². The summed E-state index contributed by atoms with van der Waals surface area (Å²) in [5.41, 5.74) is -0.379. The largest absolute Gasteiger partial charge is 0.481 e. The average Bonchev–Trinajstić information content (AvgIpc) is 2.14. The number of nitrogens with zero attached hydrogens (tertiary/aromatic N) is 1. The standard InChI is InChI=1S/C12H21NO4/c1-7-5-6-13(11(16)17)9(12(2,3)4)8(7)10(14)15/h7-9H,5-6H2,1-4H3,(H,14,15)(H,16,17). The predicted octanol–water partition coefficient (Wildman–Crippen LogP) is 2.12. The molecule has 1 amide bonds. The monoisotopic (exact) mass is 243 g/mol. The SMILES string of the molecule is CC1CCN(C(=O)O)C(C(C)(C)C)C1C(=O)O. The van der Waals surface area contributed by atoms with Crippen LogP contribution in [0, 0.1) is 17.3 Å². The van der Waals surface area contributed by atoms with Crippen molar-refractivity contribution in [2.45, 2.75) is 40.2 Å². The maximum Gasteiger partial charge on any atom is 0.407 e. The molecule has 1 fully saturated rings. The molecular weight excluding hydrogens is 222 g/mol. The summed E-state index contributed by atoms with van der Waals surface area (Å²) >= 11 is 0. The molecule has 1 saturated heterocycles. The zero-order valence-electron chi connectivity index (χ0n) is 10.8. The molecule has 5 nitrogen and oxygen atoms in total. The fourth-order valence-electron chi connectivity index (χ4n) is 2.77. The van der Waals surface area contributed by atoms with Crippen molar-refractivity contribution in [2.75, 3.05) is 6.54 Å². The topological polar surface area (TPSA) is 77.8 Å². The number of rotatable bonds is 1. The first kappa shape index (κ1) is 13.8. The molecule has 0 aliphatic carbocycles. The van der Waals surface area contributed by atoms with Gasteiger partial charge in [-0.2, -0.15) is 0 Å². The van der Waals surface area contributed by atoms with E-state index < -0.39 is 24.0 Å². The number of aliphatic carboxylic acids is 1. The quantitative estimate of drug-likeness (QED) is 0.739. The van der Waals surface area contributed by atoms with Crippen LogP contribution in [0.4, 0.5) is 4.79 Å². The highest BCUT2D eigenvalue weighted by molar-refractivity contribution is 5.74. The van der Waals surface area contributed by atoms with Crippen molar-refractivity contribution in [1.29, 1.82) is 0 Å². The van der Waals surface area contributed by atoms with Gasteiger partial charge in [-0.1, -0.05) is 27.7 Å². The minimum absolute atomic E-state index is 0.00678. The smallest absolute Gasteiger partial charge is 0.407 e. The zero-order chi connectivity index (χ0) is 13.4. The van der Waals surface area contributed by atoms with Crippen LogP contribution in [0.25, 0.3) is 0 Å². The zero-order valence-corrected chi connectivity index (χ0v) is 10.8. The Hall–Kier alpha value is -1.26. The number of piperidine rings is 1. The van der Waals surface area contributed by atoms with E-state index in [1.807, 2.05) is 27.7 Å². The van der Waals surface area contributed by atoms with Crippen LogP contribution >= 0.6 is 0 Å². The summed E-state index contributed by atoms with van der Waals surface area (Å²) in [5.74, 6) is -1.52. The van der Waals surface area contributed by atoms with Gasteiger partial charge >= 0.3 is 12.1 Å². The van der Waals surface area contributed by atoms with Crippen LogP contribution in [0.1, 0.15) is 34.1 Å². The minimum Gasteiger partial charge on any atom is -0.481 e. The van der Waals surface area contributed by atoms with Gasteiger partial charge in [-0.05, 0) is 17.8 Å². The van der Waals surface area contributed by atoms with Crippen LogP contribution in [0.2, 0.25) is 0 Å². The summed E-state index contributed by atoms with van der Waals surface area (Å²) in [6, 6.07) is -0.471. The van der Waals surface area contributed by atoms with Crippen molar-refractivity contribution in [3.8, 4) is 0 Å². The highest BCUT2D eigenvalue weighted by Crippen LogP contribution is 2.39. The fraction of sp³-hybridized carbons (Fsp3) is 0.833. The summed E-state index contributed by atoms with van der Waals surface area (Å²) in [7, 11) is 0. The molecule has 0 radical (unpaired) electrons. The normalized spacial score (nSPS) is 30.1. The molecule has 2 N–H and O–H groups in total. The third kappa shape index (κ3) is 2.70. The van der Waals surface area contributed by atoms with E-state index in [2.05, 4.69) is 0 Å². The van der Waals surface area contributed by atoms with E-state index in [0.29, 0.717) is 13.0 Å². The average molecular weight is 243 g/mol. The number of hydrogen-bond donors (Lipinski definition) is 2. The molecule has 0 aromatic carbocycles. The summed E-state index contributed by atoms with van der Waals surface area (Å²) < 4.78 is 0. The highest BCUT2D eigenvalue weighted by atomic mass is 16.4. The summed E-state index contributed by atoms with van der Waals surface area (Å²) in [5, 5.41) is 18.5. The molecule has 0 aromatic heterocycles. The van der Waals surface area contributed by atoms with E-state index in [1.54, 1.807) is 0 Å². The lowest BCUT2D eigenvalue weighted by atomic mass is 9.70. The molecule has 98 valence electrons. The van der Waals surface area contributed by atoms with Gasteiger partial charge in [-0.15, -0.1) is 0 Å². The molecule has 0 saturated carbocycles. The molecule has 0 spiro atoms. The van der Waals surface area contributed by atoms with E-state index >= 15 is 0 Å². The number of amides is 1. The molecule has 17 heavy (non-hydrogen) atoms. The number of carbonyl (C=O) groups is 2. The Morgan fingerprint density at radius 3 is 2.12 bits per heavy atom. The van der Waals surface area contributed by atoms with Gasteiger partial charge in [0.15, 0.2) is 0 Å². The Kier molecular flexibility index (Phi) is 3.69. The third-order valence-electron chi connectivity index (χ3n) is 3.53. The van der Waals surface area contributed by atoms with Gasteiger partial charge in [0.1, 0.15) is 0 Å². The van der Waals surface area contributed by atoms with Crippen molar-refractivity contribution in [1.82, 2.24) is 4.90 Å². The molecule has 3 unspecified atom stereocenters. The lowest BCUT2D eigenvalue weighted by molar-refractivity contribution is -0.151. The van der Waals surface area contributed by atoms with Crippen molar-refractivity contribution in [3.05, 3.63) is 0 Å². The Labute approximate surface area is 101 Å². The number of carboxylic acid groups (broad SMARTS) is 2. The molecule has 1 heterocycles. The molecule has 1 aliphatic heterocycles. The van der Waals surface area contributed by atoms with Gasteiger partial charge in [0.2, 0.25) is 0 Å². The third-order valence-corrected chi connectivity index (χ3v) is 3.53. The summed E-state index contributed by atoms with van der Waals surface area (Å²) in [6.07, 6.45) is -0.418. The number of likely N-dealkylation sites (tertiary alicyclic amines) is 1. The first-order chi connectivity index (χ1) is 7.66. The number of carboxylic acids is 1. The second-order valence-electron chi connectivity index (χ2n) is 5.92. The van der Waals surface area contributed by atoms with Gasteiger partial charge in [0, 0.05) is 6.54 Å². The van der Waals surface area contributed by atoms with E-state index in [0.717, 1.165) is 0 Å². The minimum atomic E-state index is -1.02. The van der Waals surface area contributed by atoms with Crippen LogP contribution in [0.15, 0.2) is 0 Å². The Balaban J connectivity index is 3.14. The van der Waals surface area contributed by atoms with Crippen LogP contribution in [0.5, 0.6) is 0 Å². The molecule has 1 aliphatic rings. The van der Waals surface area contributed by atoms with E-state index in [9.17, 15) is 19.8 Å². The fourth-order valence-corrected chi connectivity index (χ4v) is 2.77. The molecule has 0 bridgehead atoms. The Morgan fingerprint density at radius 1 is 1.24 bits per heavy atom. The van der Waals surface area contributed by atoms with Crippen LogP contribution in [-0.2, 0) is 4.79 Å². The second-order valence-corrected chi connectivity index (χ2v) is 5.92. The van der Waals surface area contributed by atoms with Crippen LogP contribution in [-0.4, -0.2) is 39.8 Å². The van der Waals surface area contributed by atoms with Gasteiger partial charge < -0.3 is 15.1 Å². The van der Waals surface area contributed by atoms with Gasteiger partial charge in [0.25, 0.3) is 0 Å². The summed E-state index contributed by atoms with van der Waals surface area (Å²) in [6.45, 7) is 7.98. The van der Waals surface area contributed by atoms with Gasteiger partial charge in [-0.3, -0.25) is 4.79 Å². The van der Waals surface area contributed by atoms with Crippen LogP contribution in [0.3, 0.4) is 0 Å². The number of hydrogen-bond acceptors (Lipinski definition) is 2. The van der Waals surface area contributed by atoms with Crippen LogP contribution < -0.4 is 0 Å². The highest BCUT2D eigenvalue weighted by Gasteiger charge is 2.47.